The third kappa shape index (κ3) is 6.82. The Labute approximate surface area is 185 Å². The minimum Gasteiger partial charge on any atom is -0.478 e. The van der Waals surface area contributed by atoms with Gasteiger partial charge in [-0.3, -0.25) is 4.90 Å². The molecule has 2 aromatic rings. The molecule has 0 radical (unpaired) electrons. The number of aliphatic imine (C=N–C) groups is 1. The molecule has 1 saturated heterocycles. The van der Waals surface area contributed by atoms with Crippen LogP contribution in [0.5, 0.6) is 0 Å². The Balaban J connectivity index is 1.71. The van der Waals surface area contributed by atoms with Crippen LogP contribution in [0.3, 0.4) is 0 Å². The topological polar surface area (TPSA) is 68.2 Å². The Morgan fingerprint density at radius 1 is 1.00 bits per heavy atom. The molecule has 31 heavy (non-hydrogen) atoms. The summed E-state index contributed by atoms with van der Waals surface area (Å²) in [5.41, 5.74) is 2.28. The highest BCUT2D eigenvalue weighted by molar-refractivity contribution is 5.94. The van der Waals surface area contributed by atoms with E-state index in [2.05, 4.69) is 48.0 Å². The molecule has 1 heterocycles. The zero-order valence-electron chi connectivity index (χ0n) is 18.8. The van der Waals surface area contributed by atoms with Gasteiger partial charge in [0.2, 0.25) is 0 Å². The summed E-state index contributed by atoms with van der Waals surface area (Å²) in [6.07, 6.45) is 1.21. The van der Waals surface area contributed by atoms with Gasteiger partial charge in [-0.25, -0.2) is 9.79 Å². The van der Waals surface area contributed by atoms with Gasteiger partial charge < -0.3 is 15.3 Å². The van der Waals surface area contributed by atoms with Crippen LogP contribution in [0.4, 0.5) is 5.69 Å². The van der Waals surface area contributed by atoms with Crippen molar-refractivity contribution < 1.29 is 9.90 Å². The minimum atomic E-state index is -0.920. The number of aromatic carboxylic acids is 1. The molecule has 1 aliphatic rings. The van der Waals surface area contributed by atoms with E-state index in [4.69, 9.17) is 10.1 Å². The van der Waals surface area contributed by atoms with Crippen LogP contribution in [-0.4, -0.2) is 59.1 Å². The quantitative estimate of drug-likeness (QED) is 0.511. The number of carbonyl (C=O) groups is 1. The van der Waals surface area contributed by atoms with Gasteiger partial charge in [0.15, 0.2) is 5.96 Å². The molecule has 6 nitrogen and oxygen atoms in total. The fourth-order valence-corrected chi connectivity index (χ4v) is 4.00. The lowest BCUT2D eigenvalue weighted by atomic mass is 10.0. The molecule has 3 rings (SSSR count). The van der Waals surface area contributed by atoms with Crippen LogP contribution in [0.1, 0.15) is 43.1 Å². The lowest BCUT2D eigenvalue weighted by Crippen LogP contribution is -2.53. The van der Waals surface area contributed by atoms with Crippen molar-refractivity contribution in [3.63, 3.8) is 0 Å². The van der Waals surface area contributed by atoms with Gasteiger partial charge in [-0.05, 0) is 49.1 Å². The fraction of sp³-hybridized carbons (Fsp3) is 0.440. The Bertz CT molecular complexity index is 857. The van der Waals surface area contributed by atoms with Crippen LogP contribution >= 0.6 is 0 Å². The predicted molar refractivity (Wildman–Crippen MR) is 127 cm³/mol. The maximum absolute atomic E-state index is 11.1. The van der Waals surface area contributed by atoms with Crippen molar-refractivity contribution in [2.75, 3.05) is 31.5 Å². The largest absolute Gasteiger partial charge is 0.478 e. The Hall–Kier alpha value is -2.86. The van der Waals surface area contributed by atoms with Crippen LogP contribution in [-0.2, 0) is 6.54 Å². The van der Waals surface area contributed by atoms with Crippen LogP contribution in [0.2, 0.25) is 0 Å². The van der Waals surface area contributed by atoms with Crippen molar-refractivity contribution in [3.8, 4) is 0 Å². The number of anilines is 1. The number of hydrogen-bond acceptors (Lipinski definition) is 3. The smallest absolute Gasteiger partial charge is 0.335 e. The van der Waals surface area contributed by atoms with Gasteiger partial charge in [-0.15, -0.1) is 0 Å². The third-order valence-electron chi connectivity index (χ3n) is 5.69. The summed E-state index contributed by atoms with van der Waals surface area (Å²) in [7, 11) is 0. The molecule has 0 amide bonds. The van der Waals surface area contributed by atoms with Crippen molar-refractivity contribution in [1.82, 2.24) is 9.80 Å². The second-order valence-corrected chi connectivity index (χ2v) is 8.63. The van der Waals surface area contributed by atoms with Crippen molar-refractivity contribution in [2.24, 2.45) is 10.9 Å². The van der Waals surface area contributed by atoms with Gasteiger partial charge in [0.1, 0.15) is 0 Å². The SMILES string of the molecule is CC(C)C[C@H](C)N1CCN(C(=NCc2ccccc2)Nc2ccc(C(=O)O)cc2)CC1. The van der Waals surface area contributed by atoms with Crippen molar-refractivity contribution in [3.05, 3.63) is 65.7 Å². The maximum atomic E-state index is 11.1. The average molecular weight is 423 g/mol. The molecule has 6 heteroatoms. The Kier molecular flexibility index (Phi) is 8.06. The molecule has 1 atom stereocenters. The van der Waals surface area contributed by atoms with Crippen molar-refractivity contribution in [1.29, 1.82) is 0 Å². The molecule has 2 N–H and O–H groups in total. The van der Waals surface area contributed by atoms with E-state index in [9.17, 15) is 4.79 Å². The number of hydrogen-bond donors (Lipinski definition) is 2. The first kappa shape index (κ1) is 22.8. The maximum Gasteiger partial charge on any atom is 0.335 e. The Morgan fingerprint density at radius 2 is 1.65 bits per heavy atom. The van der Waals surface area contributed by atoms with E-state index in [-0.39, 0.29) is 5.56 Å². The average Bonchev–Trinajstić information content (AvgIpc) is 2.77. The van der Waals surface area contributed by atoms with E-state index in [1.165, 1.54) is 6.42 Å². The van der Waals surface area contributed by atoms with E-state index in [1.807, 2.05) is 18.2 Å². The first-order chi connectivity index (χ1) is 14.9. The lowest BCUT2D eigenvalue weighted by molar-refractivity contribution is 0.0697. The molecule has 1 aliphatic heterocycles. The summed E-state index contributed by atoms with van der Waals surface area (Å²) < 4.78 is 0. The van der Waals surface area contributed by atoms with Gasteiger partial charge in [-0.2, -0.15) is 0 Å². The van der Waals surface area contributed by atoms with E-state index in [1.54, 1.807) is 24.3 Å². The molecule has 0 aliphatic carbocycles. The summed E-state index contributed by atoms with van der Waals surface area (Å²) in [5, 5.41) is 12.6. The predicted octanol–water partition coefficient (Wildman–Crippen LogP) is 4.41. The van der Waals surface area contributed by atoms with E-state index < -0.39 is 5.97 Å². The number of nitrogens with one attached hydrogen (secondary N) is 1. The normalized spacial score (nSPS) is 16.4. The lowest BCUT2D eigenvalue weighted by Gasteiger charge is -2.40. The first-order valence-electron chi connectivity index (χ1n) is 11.1. The summed E-state index contributed by atoms with van der Waals surface area (Å²) in [6.45, 7) is 11.3. The molecule has 0 spiro atoms. The van der Waals surface area contributed by atoms with Crippen molar-refractivity contribution in [2.45, 2.75) is 39.8 Å². The monoisotopic (exact) mass is 422 g/mol. The second kappa shape index (κ2) is 11.0. The third-order valence-corrected chi connectivity index (χ3v) is 5.69. The zero-order valence-corrected chi connectivity index (χ0v) is 18.8. The summed E-state index contributed by atoms with van der Waals surface area (Å²) in [4.78, 5) is 20.9. The number of piperazine rings is 1. The molecule has 2 aromatic carbocycles. The van der Waals surface area contributed by atoms with Gasteiger partial charge in [-0.1, -0.05) is 44.2 Å². The molecule has 0 saturated carbocycles. The highest BCUT2D eigenvalue weighted by Gasteiger charge is 2.23. The Morgan fingerprint density at radius 3 is 2.23 bits per heavy atom. The van der Waals surface area contributed by atoms with Crippen molar-refractivity contribution >= 4 is 17.6 Å². The van der Waals surface area contributed by atoms with E-state index in [0.29, 0.717) is 18.5 Å². The first-order valence-corrected chi connectivity index (χ1v) is 11.1. The number of guanidine groups is 1. The highest BCUT2D eigenvalue weighted by Crippen LogP contribution is 2.16. The number of benzene rings is 2. The number of carboxylic acid groups (broad SMARTS) is 1. The molecule has 0 bridgehead atoms. The molecule has 0 unspecified atom stereocenters. The molecular formula is C25H34N4O2. The number of nitrogens with zero attached hydrogens (tertiary/aromatic N) is 3. The second-order valence-electron chi connectivity index (χ2n) is 8.63. The van der Waals surface area contributed by atoms with Gasteiger partial charge in [0.05, 0.1) is 12.1 Å². The van der Waals surface area contributed by atoms with Gasteiger partial charge in [0, 0.05) is 37.9 Å². The summed E-state index contributed by atoms with van der Waals surface area (Å²) in [6, 6.07) is 17.6. The fourth-order valence-electron chi connectivity index (χ4n) is 4.00. The van der Waals surface area contributed by atoms with Crippen LogP contribution < -0.4 is 5.32 Å². The standard InChI is InChI=1S/C25H34N4O2/c1-19(2)17-20(3)28-13-15-29(16-14-28)25(26-18-21-7-5-4-6-8-21)27-23-11-9-22(10-12-23)24(30)31/h4-12,19-20H,13-18H2,1-3H3,(H,26,27)(H,30,31)/t20-/m0/s1. The van der Waals surface area contributed by atoms with Crippen LogP contribution in [0.15, 0.2) is 59.6 Å². The molecule has 166 valence electrons. The number of rotatable bonds is 7. The van der Waals surface area contributed by atoms with Gasteiger partial charge in [0.25, 0.3) is 0 Å². The molecule has 1 fully saturated rings. The zero-order chi connectivity index (χ0) is 22.2. The molecular weight excluding hydrogens is 388 g/mol. The minimum absolute atomic E-state index is 0.279. The van der Waals surface area contributed by atoms with Crippen LogP contribution in [0, 0.1) is 5.92 Å². The summed E-state index contributed by atoms with van der Waals surface area (Å²) in [5.74, 6) is 0.616. The highest BCUT2D eigenvalue weighted by atomic mass is 16.4. The van der Waals surface area contributed by atoms with Gasteiger partial charge >= 0.3 is 5.97 Å². The van der Waals surface area contributed by atoms with Crippen LogP contribution in [0.25, 0.3) is 0 Å². The summed E-state index contributed by atoms with van der Waals surface area (Å²) >= 11 is 0. The van der Waals surface area contributed by atoms with E-state index in [0.717, 1.165) is 43.4 Å². The number of carboxylic acids is 1. The molecule has 0 aromatic heterocycles. The van der Waals surface area contributed by atoms with E-state index >= 15 is 0 Å².